The van der Waals surface area contributed by atoms with Crippen LogP contribution in [0.1, 0.15) is 31.2 Å². The highest BCUT2D eigenvalue weighted by Crippen LogP contribution is 2.36. The molecular formula is C21H23N3. The van der Waals surface area contributed by atoms with E-state index in [2.05, 4.69) is 59.1 Å². The van der Waals surface area contributed by atoms with Gasteiger partial charge < -0.3 is 9.47 Å². The van der Waals surface area contributed by atoms with Gasteiger partial charge in [-0.1, -0.05) is 24.3 Å². The van der Waals surface area contributed by atoms with Crippen molar-refractivity contribution in [3.8, 4) is 0 Å². The molecule has 3 heteroatoms. The third-order valence-electron chi connectivity index (χ3n) is 5.73. The average Bonchev–Trinajstić information content (AvgIpc) is 2.99. The number of fused-ring (bicyclic) bond motifs is 1. The van der Waals surface area contributed by atoms with E-state index in [0.29, 0.717) is 5.92 Å². The monoisotopic (exact) mass is 317 g/mol. The molecule has 122 valence electrons. The van der Waals surface area contributed by atoms with Crippen LogP contribution in [0.4, 0.5) is 0 Å². The molecule has 1 aromatic carbocycles. The third-order valence-corrected chi connectivity index (χ3v) is 5.73. The summed E-state index contributed by atoms with van der Waals surface area (Å²) in [7, 11) is 2.23. The Morgan fingerprint density at radius 3 is 2.88 bits per heavy atom. The average molecular weight is 317 g/mol. The van der Waals surface area contributed by atoms with E-state index in [4.69, 9.17) is 4.99 Å². The first-order chi connectivity index (χ1) is 11.8. The number of hydrogen-bond acceptors (Lipinski definition) is 2. The number of piperidine rings is 1. The zero-order chi connectivity index (χ0) is 16.1. The third kappa shape index (κ3) is 2.11. The molecule has 2 aromatic rings. The number of likely N-dealkylation sites (tertiary alicyclic amines) is 1. The Morgan fingerprint density at radius 1 is 1.12 bits per heavy atom. The van der Waals surface area contributed by atoms with Crippen LogP contribution in [0.5, 0.6) is 0 Å². The molecule has 24 heavy (non-hydrogen) atoms. The summed E-state index contributed by atoms with van der Waals surface area (Å²) >= 11 is 0. The summed E-state index contributed by atoms with van der Waals surface area (Å²) < 4.78 is 2.36. The van der Waals surface area contributed by atoms with Crippen LogP contribution < -0.4 is 0 Å². The van der Waals surface area contributed by atoms with Crippen LogP contribution in [0.15, 0.2) is 53.3 Å². The van der Waals surface area contributed by atoms with Gasteiger partial charge in [-0.3, -0.25) is 4.99 Å². The van der Waals surface area contributed by atoms with Gasteiger partial charge in [-0.2, -0.15) is 0 Å². The van der Waals surface area contributed by atoms with Crippen molar-refractivity contribution in [2.24, 2.45) is 10.9 Å². The van der Waals surface area contributed by atoms with Crippen molar-refractivity contribution in [3.05, 3.63) is 53.9 Å². The molecule has 0 unspecified atom stereocenters. The van der Waals surface area contributed by atoms with Crippen molar-refractivity contribution in [1.29, 1.82) is 0 Å². The molecule has 3 heterocycles. The Bertz CT molecular complexity index is 889. The Kier molecular flexibility index (Phi) is 3.23. The number of hydrogen-bond donors (Lipinski definition) is 0. The number of aliphatic imine (C=N–C) groups is 1. The highest BCUT2D eigenvalue weighted by Gasteiger charge is 2.28. The summed E-state index contributed by atoms with van der Waals surface area (Å²) in [5.74, 6) is 0.577. The fourth-order valence-corrected chi connectivity index (χ4v) is 4.37. The minimum absolute atomic E-state index is 0.577. The van der Waals surface area contributed by atoms with Crippen LogP contribution in [-0.2, 0) is 0 Å². The van der Waals surface area contributed by atoms with Crippen molar-refractivity contribution >= 4 is 22.3 Å². The van der Waals surface area contributed by atoms with Gasteiger partial charge in [0.1, 0.15) is 0 Å². The second-order valence-electron chi connectivity index (χ2n) is 7.28. The molecule has 0 N–H and O–H groups in total. The van der Waals surface area contributed by atoms with Crippen molar-refractivity contribution in [3.63, 3.8) is 0 Å². The molecule has 0 atom stereocenters. The molecule has 3 nitrogen and oxygen atoms in total. The van der Waals surface area contributed by atoms with Gasteiger partial charge in [0.25, 0.3) is 0 Å². The van der Waals surface area contributed by atoms with E-state index in [9.17, 15) is 0 Å². The molecule has 1 aliphatic carbocycles. The predicted molar refractivity (Wildman–Crippen MR) is 100 cm³/mol. The lowest BCUT2D eigenvalue weighted by Crippen LogP contribution is -2.34. The van der Waals surface area contributed by atoms with E-state index >= 15 is 0 Å². The van der Waals surface area contributed by atoms with Gasteiger partial charge in [-0.05, 0) is 58.0 Å². The molecule has 0 amide bonds. The van der Waals surface area contributed by atoms with Crippen LogP contribution >= 0.6 is 0 Å². The van der Waals surface area contributed by atoms with E-state index in [1.807, 2.05) is 0 Å². The summed E-state index contributed by atoms with van der Waals surface area (Å²) in [4.78, 5) is 7.70. The minimum Gasteiger partial charge on any atom is -0.314 e. The van der Waals surface area contributed by atoms with Gasteiger partial charge in [0.15, 0.2) is 0 Å². The Balaban J connectivity index is 1.73. The molecule has 3 aliphatic rings. The number of nitrogens with zero attached hydrogens (tertiary/aromatic N) is 3. The zero-order valence-corrected chi connectivity index (χ0v) is 14.2. The molecule has 2 aliphatic heterocycles. The number of rotatable bonds is 1. The van der Waals surface area contributed by atoms with E-state index in [0.717, 1.165) is 12.8 Å². The highest BCUT2D eigenvalue weighted by molar-refractivity contribution is 6.13. The number of para-hydroxylation sites is 1. The lowest BCUT2D eigenvalue weighted by molar-refractivity contribution is 0.252. The molecule has 0 radical (unpaired) electrons. The Morgan fingerprint density at radius 2 is 2.00 bits per heavy atom. The van der Waals surface area contributed by atoms with Gasteiger partial charge >= 0.3 is 0 Å². The maximum absolute atomic E-state index is 5.26. The molecule has 1 fully saturated rings. The Hall–Kier alpha value is -2.13. The molecular weight excluding hydrogens is 294 g/mol. The first-order valence-electron chi connectivity index (χ1n) is 9.09. The number of allylic oxidation sites excluding steroid dienone is 4. The number of aromatic nitrogens is 1. The maximum atomic E-state index is 5.26. The van der Waals surface area contributed by atoms with Gasteiger partial charge in [0.2, 0.25) is 0 Å². The fraction of sp³-hybridized carbons (Fsp3) is 0.381. The van der Waals surface area contributed by atoms with Crippen LogP contribution in [0.2, 0.25) is 0 Å². The predicted octanol–water partition coefficient (Wildman–Crippen LogP) is 4.30. The summed E-state index contributed by atoms with van der Waals surface area (Å²) in [5, 5.41) is 1.32. The standard InChI is InChI=1S/C21H23N3/c1-23-12-9-15(10-13-23)20-17-6-4-5-16-11-14-24(21(16)17)19-8-3-2-7-18(19)22-20/h3-6,8,11,14-15H,2,7,9-10,12-13H2,1H3. The molecule has 5 rings (SSSR count). The second-order valence-corrected chi connectivity index (χ2v) is 7.28. The zero-order valence-electron chi connectivity index (χ0n) is 14.2. The van der Waals surface area contributed by atoms with Crippen LogP contribution in [0.25, 0.3) is 16.6 Å². The smallest absolute Gasteiger partial charge is 0.0668 e. The van der Waals surface area contributed by atoms with Crippen molar-refractivity contribution in [1.82, 2.24) is 9.47 Å². The SMILES string of the molecule is CN1CCC(C2=NC3=C(C=CCC3)n3ccc4cccc2c43)CC1. The normalized spacial score (nSPS) is 21.8. The van der Waals surface area contributed by atoms with Crippen LogP contribution in [0.3, 0.4) is 0 Å². The molecule has 0 spiro atoms. The van der Waals surface area contributed by atoms with Gasteiger partial charge in [0, 0.05) is 23.1 Å². The first kappa shape index (κ1) is 14.2. The van der Waals surface area contributed by atoms with Gasteiger partial charge in [-0.25, -0.2) is 0 Å². The topological polar surface area (TPSA) is 20.5 Å². The lowest BCUT2D eigenvalue weighted by Gasteiger charge is -2.30. The van der Waals surface area contributed by atoms with Crippen LogP contribution in [-0.4, -0.2) is 35.3 Å². The fourth-order valence-electron chi connectivity index (χ4n) is 4.37. The summed E-state index contributed by atoms with van der Waals surface area (Å²) in [6.45, 7) is 2.35. The lowest BCUT2D eigenvalue weighted by atomic mass is 9.87. The van der Waals surface area contributed by atoms with Gasteiger partial charge in [0.05, 0.1) is 22.6 Å². The quantitative estimate of drug-likeness (QED) is 0.768. The van der Waals surface area contributed by atoms with Gasteiger partial charge in [-0.15, -0.1) is 0 Å². The molecule has 1 aromatic heterocycles. The Labute approximate surface area is 143 Å². The largest absolute Gasteiger partial charge is 0.314 e. The van der Waals surface area contributed by atoms with E-state index in [1.54, 1.807) is 0 Å². The first-order valence-corrected chi connectivity index (χ1v) is 9.09. The van der Waals surface area contributed by atoms with E-state index < -0.39 is 0 Å². The summed E-state index contributed by atoms with van der Waals surface area (Å²) in [5.41, 5.74) is 6.54. The van der Waals surface area contributed by atoms with Crippen molar-refractivity contribution < 1.29 is 0 Å². The summed E-state index contributed by atoms with van der Waals surface area (Å²) in [6, 6.07) is 8.92. The van der Waals surface area contributed by atoms with E-state index in [-0.39, 0.29) is 0 Å². The highest BCUT2D eigenvalue weighted by atomic mass is 15.1. The van der Waals surface area contributed by atoms with Crippen LogP contribution in [0, 0.1) is 5.92 Å². The molecule has 0 bridgehead atoms. The van der Waals surface area contributed by atoms with Crippen molar-refractivity contribution in [2.45, 2.75) is 25.7 Å². The van der Waals surface area contributed by atoms with Crippen molar-refractivity contribution in [2.75, 3.05) is 20.1 Å². The van der Waals surface area contributed by atoms with E-state index in [1.165, 1.54) is 59.5 Å². The second kappa shape index (κ2) is 5.45. The maximum Gasteiger partial charge on any atom is 0.0668 e. The molecule has 0 saturated carbocycles. The summed E-state index contributed by atoms with van der Waals surface area (Å²) in [6.07, 6.45) is 11.3. The number of benzene rings is 1. The minimum atomic E-state index is 0.577. The molecule has 1 saturated heterocycles.